The Labute approximate surface area is 349 Å². The van der Waals surface area contributed by atoms with Crippen LogP contribution in [0.4, 0.5) is 34.1 Å². The molecule has 0 fully saturated rings. The number of hydrogen-bond acceptors (Lipinski definition) is 2. The largest absolute Gasteiger partial charge is 0.310 e. The van der Waals surface area contributed by atoms with Crippen molar-refractivity contribution in [3.8, 4) is 0 Å². The van der Waals surface area contributed by atoms with Crippen LogP contribution in [0.15, 0.2) is 109 Å². The van der Waals surface area contributed by atoms with Gasteiger partial charge in [0.2, 0.25) is 0 Å². The Hall–Kier alpha value is -5.17. The lowest BCUT2D eigenvalue weighted by atomic mass is 9.91. The van der Waals surface area contributed by atoms with E-state index in [1.807, 2.05) is 0 Å². The zero-order valence-electron chi connectivity index (χ0n) is 37.3. The number of benzene rings is 8. The lowest BCUT2D eigenvalue weighted by Gasteiger charge is -2.34. The molecule has 0 saturated carbocycles. The van der Waals surface area contributed by atoms with Gasteiger partial charge in [-0.1, -0.05) is 98.2 Å². The molecule has 0 atom stereocenters. The van der Waals surface area contributed by atoms with E-state index >= 15 is 0 Å². The molecule has 4 heteroatoms. The third-order valence-electron chi connectivity index (χ3n) is 11.8. The molecular formula is C54H60N2Si2. The Morgan fingerprint density at radius 1 is 0.293 bits per heavy atom. The molecule has 0 heterocycles. The molecule has 2 nitrogen and oxygen atoms in total. The van der Waals surface area contributed by atoms with Gasteiger partial charge in [-0.3, -0.25) is 0 Å². The molecule has 0 radical (unpaired) electrons. The van der Waals surface area contributed by atoms with E-state index in [0.717, 1.165) is 0 Å². The SMILES string of the molecule is Cc1cc(C)cc(N(c2cc(C)cc(C)c2)c2cc([Si](C)(C)C)c3ccc4c(N(c5cc(C)cc(C)c5)c5cc(C)cc(C)c5)cc([Si](C)(C)C)c5ccc2c3c45)c1. The highest BCUT2D eigenvalue weighted by Crippen LogP contribution is 2.48. The molecule has 8 aromatic carbocycles. The Kier molecular flexibility index (Phi) is 9.77. The van der Waals surface area contributed by atoms with Gasteiger partial charge in [-0.05, 0) is 182 Å². The van der Waals surface area contributed by atoms with Gasteiger partial charge >= 0.3 is 0 Å². The summed E-state index contributed by atoms with van der Waals surface area (Å²) in [5.41, 5.74) is 17.5. The van der Waals surface area contributed by atoms with E-state index in [1.54, 1.807) is 0 Å². The molecule has 294 valence electrons. The summed E-state index contributed by atoms with van der Waals surface area (Å²) >= 11 is 0. The van der Waals surface area contributed by atoms with Crippen molar-refractivity contribution in [1.29, 1.82) is 0 Å². The van der Waals surface area contributed by atoms with E-state index in [-0.39, 0.29) is 0 Å². The molecule has 0 spiro atoms. The van der Waals surface area contributed by atoms with Crippen LogP contribution < -0.4 is 20.2 Å². The summed E-state index contributed by atoms with van der Waals surface area (Å²) < 4.78 is 0. The minimum atomic E-state index is -1.89. The third-order valence-corrected chi connectivity index (χ3v) is 15.9. The van der Waals surface area contributed by atoms with E-state index in [2.05, 4.69) is 214 Å². The fourth-order valence-electron chi connectivity index (χ4n) is 9.74. The normalized spacial score (nSPS) is 12.3. The first-order valence-electron chi connectivity index (χ1n) is 21.0. The second-order valence-electron chi connectivity index (χ2n) is 19.5. The van der Waals surface area contributed by atoms with Gasteiger partial charge in [0, 0.05) is 33.5 Å². The highest BCUT2D eigenvalue weighted by molar-refractivity contribution is 6.91. The molecule has 0 aromatic heterocycles. The Morgan fingerprint density at radius 3 is 0.741 bits per heavy atom. The van der Waals surface area contributed by atoms with Gasteiger partial charge in [0.1, 0.15) is 0 Å². The maximum absolute atomic E-state index is 2.57. The second kappa shape index (κ2) is 14.3. The maximum atomic E-state index is 2.57. The first kappa shape index (κ1) is 39.7. The Balaban J connectivity index is 1.58. The van der Waals surface area contributed by atoms with Crippen molar-refractivity contribution in [2.75, 3.05) is 9.80 Å². The van der Waals surface area contributed by atoms with E-state index in [4.69, 9.17) is 0 Å². The van der Waals surface area contributed by atoms with Crippen LogP contribution in [0.1, 0.15) is 44.5 Å². The molecule has 0 bridgehead atoms. The van der Waals surface area contributed by atoms with Gasteiger partial charge in [0.25, 0.3) is 0 Å². The zero-order valence-corrected chi connectivity index (χ0v) is 39.3. The van der Waals surface area contributed by atoms with Gasteiger partial charge in [-0.15, -0.1) is 0 Å². The average Bonchev–Trinajstić information content (AvgIpc) is 3.09. The fraction of sp³-hybridized carbons (Fsp3) is 0.259. The van der Waals surface area contributed by atoms with Crippen LogP contribution in [0.3, 0.4) is 0 Å². The zero-order chi connectivity index (χ0) is 41.6. The third kappa shape index (κ3) is 7.15. The summed E-state index contributed by atoms with van der Waals surface area (Å²) in [6.45, 7) is 32.9. The molecule has 0 aliphatic carbocycles. The van der Waals surface area contributed by atoms with Crippen LogP contribution >= 0.6 is 0 Å². The molecule has 0 aliphatic rings. The van der Waals surface area contributed by atoms with Crippen molar-refractivity contribution >= 4 is 93.0 Å². The van der Waals surface area contributed by atoms with Gasteiger partial charge in [-0.25, -0.2) is 0 Å². The number of anilines is 6. The van der Waals surface area contributed by atoms with Crippen LogP contribution in [-0.4, -0.2) is 16.1 Å². The molecule has 8 rings (SSSR count). The minimum Gasteiger partial charge on any atom is -0.310 e. The average molecular weight is 793 g/mol. The van der Waals surface area contributed by atoms with Gasteiger partial charge < -0.3 is 9.80 Å². The van der Waals surface area contributed by atoms with Crippen molar-refractivity contribution in [3.05, 3.63) is 154 Å². The Bertz CT molecular complexity index is 2520. The lowest BCUT2D eigenvalue weighted by Crippen LogP contribution is -2.39. The van der Waals surface area contributed by atoms with Crippen molar-refractivity contribution in [1.82, 2.24) is 0 Å². The molecule has 0 amide bonds. The fourth-order valence-corrected chi connectivity index (χ4v) is 12.9. The van der Waals surface area contributed by atoms with Crippen LogP contribution in [0.2, 0.25) is 39.3 Å². The van der Waals surface area contributed by atoms with E-state index in [9.17, 15) is 0 Å². The highest BCUT2D eigenvalue weighted by atomic mass is 28.3. The molecule has 0 aliphatic heterocycles. The van der Waals surface area contributed by atoms with Gasteiger partial charge in [0.15, 0.2) is 0 Å². The van der Waals surface area contributed by atoms with Crippen LogP contribution in [0.25, 0.3) is 32.3 Å². The minimum absolute atomic E-state index is 1.21. The molecule has 0 N–H and O–H groups in total. The lowest BCUT2D eigenvalue weighted by molar-refractivity contribution is 1.24. The van der Waals surface area contributed by atoms with Crippen LogP contribution in [-0.2, 0) is 0 Å². The standard InChI is InChI=1S/C54H60N2Si2/c1-33-19-34(2)24-41(23-33)55(42-25-35(3)20-36(4)26-42)49-31-51(57(9,10)11)47-18-16-46-50(32-52(58(12,13)14)48-17-15-45(49)53(47)54(46)48)56(43-27-37(5)21-38(6)28-43)44-29-39(7)22-40(8)30-44/h15-32H,1-14H3. The molecule has 0 saturated heterocycles. The van der Waals surface area contributed by atoms with Crippen LogP contribution in [0.5, 0.6) is 0 Å². The predicted octanol–water partition coefficient (Wildman–Crippen LogP) is 15.1. The van der Waals surface area contributed by atoms with Crippen molar-refractivity contribution in [3.63, 3.8) is 0 Å². The monoisotopic (exact) mass is 792 g/mol. The number of hydrogen-bond donors (Lipinski definition) is 0. The predicted molar refractivity (Wildman–Crippen MR) is 263 cm³/mol. The quantitative estimate of drug-likeness (QED) is 0.112. The summed E-state index contributed by atoms with van der Waals surface area (Å²) in [6, 6.07) is 43.1. The molecular weight excluding hydrogens is 733 g/mol. The summed E-state index contributed by atoms with van der Waals surface area (Å²) in [5.74, 6) is 0. The summed E-state index contributed by atoms with van der Waals surface area (Å²) in [5, 5.41) is 11.2. The van der Waals surface area contributed by atoms with Crippen molar-refractivity contribution in [2.45, 2.75) is 94.7 Å². The van der Waals surface area contributed by atoms with Crippen molar-refractivity contribution in [2.24, 2.45) is 0 Å². The summed E-state index contributed by atoms with van der Waals surface area (Å²) in [6.07, 6.45) is 0. The van der Waals surface area contributed by atoms with Crippen LogP contribution in [0, 0.1) is 55.4 Å². The molecule has 58 heavy (non-hydrogen) atoms. The van der Waals surface area contributed by atoms with E-state index in [0.29, 0.717) is 0 Å². The smallest absolute Gasteiger partial charge is 0.0785 e. The van der Waals surface area contributed by atoms with Crippen molar-refractivity contribution < 1.29 is 0 Å². The van der Waals surface area contributed by atoms with Gasteiger partial charge in [-0.2, -0.15) is 0 Å². The van der Waals surface area contributed by atoms with E-state index < -0.39 is 16.1 Å². The number of nitrogens with zero attached hydrogens (tertiary/aromatic N) is 2. The number of rotatable bonds is 8. The Morgan fingerprint density at radius 2 is 0.517 bits per heavy atom. The maximum Gasteiger partial charge on any atom is 0.0785 e. The summed E-state index contributed by atoms with van der Waals surface area (Å²) in [4.78, 5) is 5.13. The highest BCUT2D eigenvalue weighted by Gasteiger charge is 2.30. The molecule has 0 unspecified atom stereocenters. The topological polar surface area (TPSA) is 6.48 Å². The number of aryl methyl sites for hydroxylation is 8. The van der Waals surface area contributed by atoms with Gasteiger partial charge in [0.05, 0.1) is 27.5 Å². The first-order valence-corrected chi connectivity index (χ1v) is 28.0. The first-order chi connectivity index (χ1) is 27.3. The molecule has 8 aromatic rings. The van der Waals surface area contributed by atoms with E-state index in [1.165, 1.54) is 121 Å². The summed E-state index contributed by atoms with van der Waals surface area (Å²) in [7, 11) is -3.79. The second-order valence-corrected chi connectivity index (χ2v) is 29.6.